The molecule has 0 amide bonds. The topological polar surface area (TPSA) is 9.23 Å². The van der Waals surface area contributed by atoms with Gasteiger partial charge in [-0.25, -0.2) is 0 Å². The van der Waals surface area contributed by atoms with Crippen LogP contribution in [0, 0.1) is 0 Å². The molecule has 0 atom stereocenters. The van der Waals surface area contributed by atoms with E-state index in [1.54, 1.807) is 0 Å². The van der Waals surface area contributed by atoms with Gasteiger partial charge >= 0.3 is 0 Å². The number of rotatable bonds is 2. The van der Waals surface area contributed by atoms with Crippen LogP contribution in [-0.2, 0) is 4.74 Å². The Kier molecular flexibility index (Phi) is 1.97. The number of allylic oxidation sites excluding steroid dienone is 3. The van der Waals surface area contributed by atoms with Gasteiger partial charge in [0.1, 0.15) is 5.76 Å². The SMILES string of the molecule is C1=CCC(OC2CCCC2)=C1. The average molecular weight is 150 g/mol. The lowest BCUT2D eigenvalue weighted by atomic mass is 10.3. The molecule has 0 bridgehead atoms. The normalized spacial score (nSPS) is 24.2. The van der Waals surface area contributed by atoms with Crippen molar-refractivity contribution in [2.24, 2.45) is 0 Å². The Bertz CT molecular complexity index is 185. The molecule has 0 saturated heterocycles. The van der Waals surface area contributed by atoms with Crippen LogP contribution in [0.3, 0.4) is 0 Å². The lowest BCUT2D eigenvalue weighted by molar-refractivity contribution is 0.120. The van der Waals surface area contributed by atoms with Crippen molar-refractivity contribution in [1.29, 1.82) is 0 Å². The van der Waals surface area contributed by atoms with Gasteiger partial charge in [0.15, 0.2) is 0 Å². The minimum atomic E-state index is 0.529. The van der Waals surface area contributed by atoms with E-state index < -0.39 is 0 Å². The maximum Gasteiger partial charge on any atom is 0.100 e. The van der Waals surface area contributed by atoms with Crippen LogP contribution in [0.15, 0.2) is 24.0 Å². The fraction of sp³-hybridized carbons (Fsp3) is 0.600. The number of hydrogen-bond acceptors (Lipinski definition) is 1. The highest BCUT2D eigenvalue weighted by molar-refractivity contribution is 5.18. The second kappa shape index (κ2) is 3.12. The number of ether oxygens (including phenoxy) is 1. The van der Waals surface area contributed by atoms with Crippen molar-refractivity contribution in [3.8, 4) is 0 Å². The molecule has 11 heavy (non-hydrogen) atoms. The second-order valence-electron chi connectivity index (χ2n) is 3.29. The van der Waals surface area contributed by atoms with Crippen molar-refractivity contribution in [2.45, 2.75) is 38.2 Å². The van der Waals surface area contributed by atoms with E-state index in [-0.39, 0.29) is 0 Å². The lowest BCUT2D eigenvalue weighted by Crippen LogP contribution is -2.05. The molecule has 1 nitrogen and oxygen atoms in total. The van der Waals surface area contributed by atoms with Gasteiger partial charge in [-0.1, -0.05) is 12.2 Å². The molecule has 0 aromatic rings. The van der Waals surface area contributed by atoms with E-state index in [2.05, 4.69) is 18.2 Å². The van der Waals surface area contributed by atoms with Crippen molar-refractivity contribution in [2.75, 3.05) is 0 Å². The van der Waals surface area contributed by atoms with Gasteiger partial charge in [0.05, 0.1) is 6.10 Å². The Hall–Kier alpha value is -0.720. The van der Waals surface area contributed by atoms with Crippen molar-refractivity contribution >= 4 is 0 Å². The van der Waals surface area contributed by atoms with E-state index in [0.717, 1.165) is 12.2 Å². The molecule has 1 saturated carbocycles. The average Bonchev–Trinajstić information content (AvgIpc) is 2.60. The van der Waals surface area contributed by atoms with Gasteiger partial charge in [-0.05, 0) is 31.8 Å². The highest BCUT2D eigenvalue weighted by Crippen LogP contribution is 2.25. The number of hydrogen-bond donors (Lipinski definition) is 0. The molecule has 1 fully saturated rings. The molecule has 2 aliphatic carbocycles. The minimum Gasteiger partial charge on any atom is -0.494 e. The first-order valence-corrected chi connectivity index (χ1v) is 4.47. The van der Waals surface area contributed by atoms with Crippen LogP contribution in [0.25, 0.3) is 0 Å². The third kappa shape index (κ3) is 1.65. The van der Waals surface area contributed by atoms with Crippen molar-refractivity contribution < 1.29 is 4.74 Å². The molecule has 0 heterocycles. The maximum absolute atomic E-state index is 5.77. The van der Waals surface area contributed by atoms with Gasteiger partial charge in [0.25, 0.3) is 0 Å². The van der Waals surface area contributed by atoms with Crippen LogP contribution in [0.4, 0.5) is 0 Å². The van der Waals surface area contributed by atoms with Crippen molar-refractivity contribution in [1.82, 2.24) is 0 Å². The summed E-state index contributed by atoms with van der Waals surface area (Å²) in [5, 5.41) is 0. The molecular formula is C10H14O. The predicted molar refractivity (Wildman–Crippen MR) is 45.2 cm³/mol. The molecule has 0 aliphatic heterocycles. The zero-order chi connectivity index (χ0) is 7.52. The first-order valence-electron chi connectivity index (χ1n) is 4.47. The van der Waals surface area contributed by atoms with E-state index in [9.17, 15) is 0 Å². The van der Waals surface area contributed by atoms with Crippen LogP contribution in [0.1, 0.15) is 32.1 Å². The third-order valence-corrected chi connectivity index (χ3v) is 2.36. The molecule has 0 unspecified atom stereocenters. The van der Waals surface area contributed by atoms with Gasteiger partial charge in [0.2, 0.25) is 0 Å². The zero-order valence-corrected chi connectivity index (χ0v) is 6.75. The standard InChI is InChI=1S/C10H14O/c1-2-6-9(5-1)11-10-7-3-4-8-10/h1-2,5,10H,3-4,6-8H2. The molecule has 0 aromatic carbocycles. The van der Waals surface area contributed by atoms with Crippen LogP contribution < -0.4 is 0 Å². The highest BCUT2D eigenvalue weighted by atomic mass is 16.5. The minimum absolute atomic E-state index is 0.529. The van der Waals surface area contributed by atoms with Crippen LogP contribution in [0.2, 0.25) is 0 Å². The molecule has 0 N–H and O–H groups in total. The molecule has 0 spiro atoms. The van der Waals surface area contributed by atoms with Gasteiger partial charge in [-0.2, -0.15) is 0 Å². The Morgan fingerprint density at radius 2 is 2.09 bits per heavy atom. The Balaban J connectivity index is 1.81. The van der Waals surface area contributed by atoms with E-state index in [1.165, 1.54) is 25.7 Å². The first kappa shape index (κ1) is 6.96. The van der Waals surface area contributed by atoms with Crippen molar-refractivity contribution in [3.05, 3.63) is 24.0 Å². The van der Waals surface area contributed by atoms with E-state index in [0.29, 0.717) is 6.10 Å². The Morgan fingerprint density at radius 1 is 1.27 bits per heavy atom. The van der Waals surface area contributed by atoms with E-state index in [4.69, 9.17) is 4.74 Å². The molecule has 60 valence electrons. The second-order valence-corrected chi connectivity index (χ2v) is 3.29. The summed E-state index contributed by atoms with van der Waals surface area (Å²) in [4.78, 5) is 0. The lowest BCUT2D eigenvalue weighted by Gasteiger charge is -2.13. The predicted octanol–water partition coefficient (Wildman–Crippen LogP) is 2.79. The zero-order valence-electron chi connectivity index (χ0n) is 6.75. The largest absolute Gasteiger partial charge is 0.494 e. The van der Waals surface area contributed by atoms with Crippen LogP contribution >= 0.6 is 0 Å². The summed E-state index contributed by atoms with van der Waals surface area (Å²) in [6.07, 6.45) is 13.1. The van der Waals surface area contributed by atoms with Gasteiger partial charge in [-0.15, -0.1) is 0 Å². The van der Waals surface area contributed by atoms with Gasteiger partial charge in [-0.3, -0.25) is 0 Å². The fourth-order valence-electron chi connectivity index (χ4n) is 1.74. The molecular weight excluding hydrogens is 136 g/mol. The van der Waals surface area contributed by atoms with Gasteiger partial charge < -0.3 is 4.74 Å². The summed E-state index contributed by atoms with van der Waals surface area (Å²) in [6, 6.07) is 0. The first-order chi connectivity index (χ1) is 5.45. The molecule has 0 aromatic heterocycles. The van der Waals surface area contributed by atoms with E-state index >= 15 is 0 Å². The summed E-state index contributed by atoms with van der Waals surface area (Å²) in [6.45, 7) is 0. The summed E-state index contributed by atoms with van der Waals surface area (Å²) < 4.78 is 5.77. The summed E-state index contributed by atoms with van der Waals surface area (Å²) >= 11 is 0. The van der Waals surface area contributed by atoms with Crippen LogP contribution in [-0.4, -0.2) is 6.10 Å². The van der Waals surface area contributed by atoms with E-state index in [1.807, 2.05) is 0 Å². The summed E-state index contributed by atoms with van der Waals surface area (Å²) in [7, 11) is 0. The highest BCUT2D eigenvalue weighted by Gasteiger charge is 2.17. The molecule has 2 rings (SSSR count). The summed E-state index contributed by atoms with van der Waals surface area (Å²) in [5.74, 6) is 1.16. The monoisotopic (exact) mass is 150 g/mol. The fourth-order valence-corrected chi connectivity index (χ4v) is 1.74. The molecule has 2 aliphatic rings. The third-order valence-electron chi connectivity index (χ3n) is 2.36. The Labute approximate surface area is 67.7 Å². The smallest absolute Gasteiger partial charge is 0.100 e. The molecule has 1 heteroatoms. The van der Waals surface area contributed by atoms with Crippen LogP contribution in [0.5, 0.6) is 0 Å². The maximum atomic E-state index is 5.77. The van der Waals surface area contributed by atoms with Gasteiger partial charge in [0, 0.05) is 6.42 Å². The van der Waals surface area contributed by atoms with Crippen molar-refractivity contribution in [3.63, 3.8) is 0 Å². The molecule has 0 radical (unpaired) electrons. The Morgan fingerprint density at radius 3 is 2.73 bits per heavy atom. The summed E-state index contributed by atoms with van der Waals surface area (Å²) in [5.41, 5.74) is 0. The quantitative estimate of drug-likeness (QED) is 0.588.